The van der Waals surface area contributed by atoms with Crippen molar-refractivity contribution < 1.29 is 18.0 Å². The van der Waals surface area contributed by atoms with Crippen molar-refractivity contribution in [3.8, 4) is 0 Å². The predicted octanol–water partition coefficient (Wildman–Crippen LogP) is 1.45. The van der Waals surface area contributed by atoms with E-state index >= 15 is 0 Å². The van der Waals surface area contributed by atoms with Gasteiger partial charge >= 0.3 is 12.2 Å². The van der Waals surface area contributed by atoms with Crippen LogP contribution < -0.4 is 10.6 Å². The van der Waals surface area contributed by atoms with E-state index in [-0.39, 0.29) is 18.0 Å². The van der Waals surface area contributed by atoms with Crippen LogP contribution in [0.3, 0.4) is 0 Å². The molecule has 130 valence electrons. The van der Waals surface area contributed by atoms with Crippen LogP contribution in [0.4, 0.5) is 18.0 Å². The zero-order valence-corrected chi connectivity index (χ0v) is 13.0. The second-order valence-electron chi connectivity index (χ2n) is 6.02. The summed E-state index contributed by atoms with van der Waals surface area (Å²) < 4.78 is 38.8. The number of nitrogens with zero attached hydrogens (tertiary/aromatic N) is 3. The highest BCUT2D eigenvalue weighted by Crippen LogP contribution is 2.22. The molecule has 2 atom stereocenters. The number of hydrogen-bond acceptors (Lipinski definition) is 3. The van der Waals surface area contributed by atoms with Gasteiger partial charge in [0.25, 0.3) is 0 Å². The maximum atomic E-state index is 12.3. The number of amides is 2. The highest BCUT2D eigenvalue weighted by Gasteiger charge is 2.34. The third-order valence-electron chi connectivity index (χ3n) is 3.75. The molecule has 1 aromatic heterocycles. The van der Waals surface area contributed by atoms with Crippen LogP contribution in [0.2, 0.25) is 0 Å². The highest BCUT2D eigenvalue weighted by atomic mass is 19.4. The van der Waals surface area contributed by atoms with Crippen molar-refractivity contribution in [1.82, 2.24) is 25.1 Å². The molecule has 2 N–H and O–H groups in total. The van der Waals surface area contributed by atoms with Crippen LogP contribution in [0.25, 0.3) is 0 Å². The number of alkyl halides is 3. The van der Waals surface area contributed by atoms with Gasteiger partial charge in [0.05, 0.1) is 12.9 Å². The van der Waals surface area contributed by atoms with E-state index in [1.54, 1.807) is 12.5 Å². The van der Waals surface area contributed by atoms with Gasteiger partial charge in [0.1, 0.15) is 0 Å². The normalized spacial score (nSPS) is 20.4. The van der Waals surface area contributed by atoms with Gasteiger partial charge in [-0.05, 0) is 25.8 Å². The maximum Gasteiger partial charge on any atom is 0.401 e. The number of rotatable bonds is 6. The summed E-state index contributed by atoms with van der Waals surface area (Å²) in [6, 6.07) is -0.374. The van der Waals surface area contributed by atoms with Gasteiger partial charge in [0.15, 0.2) is 0 Å². The molecule has 0 aromatic carbocycles. The number of carbonyl (C=O) groups is 1. The molecule has 9 heteroatoms. The van der Waals surface area contributed by atoms with Crippen LogP contribution >= 0.6 is 0 Å². The van der Waals surface area contributed by atoms with Gasteiger partial charge in [0.2, 0.25) is 0 Å². The topological polar surface area (TPSA) is 62.2 Å². The number of halogens is 3. The Balaban J connectivity index is 1.63. The van der Waals surface area contributed by atoms with E-state index in [1.807, 2.05) is 17.7 Å². The standard InChI is InChI=1S/C14H22F3N5O/c1-11(7-22-5-3-18-10-22)20-13(23)19-6-12-2-4-21(8-12)9-14(15,16)17/h3,5,10-12H,2,4,6-9H2,1H3,(H2,19,20,23)/t11-,12+/m0/s1. The largest absolute Gasteiger partial charge is 0.401 e. The van der Waals surface area contributed by atoms with Crippen LogP contribution in [0.15, 0.2) is 18.7 Å². The molecule has 1 fully saturated rings. The van der Waals surface area contributed by atoms with Crippen molar-refractivity contribution in [2.45, 2.75) is 32.1 Å². The van der Waals surface area contributed by atoms with Gasteiger partial charge in [-0.2, -0.15) is 13.2 Å². The quantitative estimate of drug-likeness (QED) is 0.828. The number of aromatic nitrogens is 2. The summed E-state index contributed by atoms with van der Waals surface area (Å²) in [4.78, 5) is 17.1. The lowest BCUT2D eigenvalue weighted by atomic mass is 10.1. The number of nitrogens with one attached hydrogen (secondary N) is 2. The van der Waals surface area contributed by atoms with Gasteiger partial charge in [-0.3, -0.25) is 4.90 Å². The van der Waals surface area contributed by atoms with E-state index in [4.69, 9.17) is 0 Å². The first-order chi connectivity index (χ1) is 10.8. The summed E-state index contributed by atoms with van der Waals surface area (Å²) in [5.41, 5.74) is 0. The Labute approximate surface area is 133 Å². The summed E-state index contributed by atoms with van der Waals surface area (Å²) in [6.45, 7) is 2.78. The number of likely N-dealkylation sites (tertiary alicyclic amines) is 1. The Kier molecular flexibility index (Phi) is 5.86. The fourth-order valence-corrected chi connectivity index (χ4v) is 2.75. The molecule has 0 radical (unpaired) electrons. The summed E-state index contributed by atoms with van der Waals surface area (Å²) in [5, 5.41) is 5.53. The fourth-order valence-electron chi connectivity index (χ4n) is 2.75. The Hall–Kier alpha value is -1.77. The van der Waals surface area contributed by atoms with Crippen molar-refractivity contribution >= 4 is 6.03 Å². The number of carbonyl (C=O) groups excluding carboxylic acids is 1. The summed E-state index contributed by atoms with van der Waals surface area (Å²) in [7, 11) is 0. The molecule has 1 aromatic rings. The minimum Gasteiger partial charge on any atom is -0.338 e. The molecule has 0 saturated carbocycles. The number of urea groups is 1. The predicted molar refractivity (Wildman–Crippen MR) is 78.8 cm³/mol. The fraction of sp³-hybridized carbons (Fsp3) is 0.714. The van der Waals surface area contributed by atoms with Crippen LogP contribution in [0.5, 0.6) is 0 Å². The Morgan fingerprint density at radius 3 is 2.91 bits per heavy atom. The molecule has 2 amide bonds. The first-order valence-electron chi connectivity index (χ1n) is 7.61. The molecule has 1 aliphatic heterocycles. The van der Waals surface area contributed by atoms with E-state index in [1.165, 1.54) is 4.90 Å². The maximum absolute atomic E-state index is 12.3. The SMILES string of the molecule is C[C@@H](Cn1ccnc1)NC(=O)NC[C@H]1CCN(CC(F)(F)F)C1. The lowest BCUT2D eigenvalue weighted by Crippen LogP contribution is -2.44. The molecule has 6 nitrogen and oxygen atoms in total. The van der Waals surface area contributed by atoms with E-state index in [0.717, 1.165) is 0 Å². The third kappa shape index (κ3) is 6.47. The first-order valence-corrected chi connectivity index (χ1v) is 7.61. The molecule has 0 spiro atoms. The average Bonchev–Trinajstić information content (AvgIpc) is 3.06. The van der Waals surface area contributed by atoms with Crippen LogP contribution in [-0.2, 0) is 6.54 Å². The van der Waals surface area contributed by atoms with Gasteiger partial charge in [-0.25, -0.2) is 9.78 Å². The molecule has 23 heavy (non-hydrogen) atoms. The molecule has 2 heterocycles. The van der Waals surface area contributed by atoms with Gasteiger partial charge < -0.3 is 15.2 Å². The summed E-state index contributed by atoms with van der Waals surface area (Å²) >= 11 is 0. The number of imidazole rings is 1. The monoisotopic (exact) mass is 333 g/mol. The smallest absolute Gasteiger partial charge is 0.338 e. The summed E-state index contributed by atoms with van der Waals surface area (Å²) in [5.74, 6) is 0.0621. The Morgan fingerprint density at radius 2 is 2.26 bits per heavy atom. The van der Waals surface area contributed by atoms with Gasteiger partial charge in [-0.15, -0.1) is 0 Å². The minimum absolute atomic E-state index is 0.0621. The van der Waals surface area contributed by atoms with E-state index < -0.39 is 12.7 Å². The molecular weight excluding hydrogens is 311 g/mol. The zero-order chi connectivity index (χ0) is 16.9. The van der Waals surface area contributed by atoms with E-state index in [9.17, 15) is 18.0 Å². The summed E-state index contributed by atoms with van der Waals surface area (Å²) in [6.07, 6.45) is 1.65. The Morgan fingerprint density at radius 1 is 1.48 bits per heavy atom. The second kappa shape index (κ2) is 7.67. The molecule has 0 aliphatic carbocycles. The van der Waals surface area contributed by atoms with Crippen molar-refractivity contribution in [3.05, 3.63) is 18.7 Å². The van der Waals surface area contributed by atoms with Gasteiger partial charge in [-0.1, -0.05) is 0 Å². The lowest BCUT2D eigenvalue weighted by Gasteiger charge is -2.19. The Bertz CT molecular complexity index is 491. The molecule has 0 unspecified atom stereocenters. The molecule has 0 bridgehead atoms. The van der Waals surface area contributed by atoms with E-state index in [2.05, 4.69) is 15.6 Å². The average molecular weight is 333 g/mol. The van der Waals surface area contributed by atoms with E-state index in [0.29, 0.717) is 32.6 Å². The van der Waals surface area contributed by atoms with Crippen LogP contribution in [-0.4, -0.2) is 58.9 Å². The van der Waals surface area contributed by atoms with Crippen LogP contribution in [0, 0.1) is 5.92 Å². The van der Waals surface area contributed by atoms with Crippen molar-refractivity contribution in [2.75, 3.05) is 26.2 Å². The van der Waals surface area contributed by atoms with Crippen LogP contribution in [0.1, 0.15) is 13.3 Å². The van der Waals surface area contributed by atoms with Crippen molar-refractivity contribution in [3.63, 3.8) is 0 Å². The molecule has 1 aliphatic rings. The number of hydrogen-bond donors (Lipinski definition) is 2. The highest BCUT2D eigenvalue weighted by molar-refractivity contribution is 5.74. The minimum atomic E-state index is -4.16. The third-order valence-corrected chi connectivity index (χ3v) is 3.75. The lowest BCUT2D eigenvalue weighted by molar-refractivity contribution is -0.143. The molecule has 1 saturated heterocycles. The zero-order valence-electron chi connectivity index (χ0n) is 13.0. The molecule has 2 rings (SSSR count). The van der Waals surface area contributed by atoms with Crippen molar-refractivity contribution in [2.24, 2.45) is 5.92 Å². The second-order valence-corrected chi connectivity index (χ2v) is 6.02. The first kappa shape index (κ1) is 17.6. The van der Waals surface area contributed by atoms with Crippen molar-refractivity contribution in [1.29, 1.82) is 0 Å². The molecular formula is C14H22F3N5O. The van der Waals surface area contributed by atoms with Gasteiger partial charge in [0, 0.05) is 38.1 Å².